The molecule has 0 fully saturated rings. The molecule has 3 rings (SSSR count). The number of hydrogen-bond acceptors (Lipinski definition) is 3. The second-order valence-corrected chi connectivity index (χ2v) is 15.8. The molecule has 0 saturated heterocycles. The smallest absolute Gasteiger partial charge is 0.139 e. The lowest BCUT2D eigenvalue weighted by molar-refractivity contribution is 0.0629. The van der Waals surface area contributed by atoms with E-state index in [1.807, 2.05) is 37.0 Å². The minimum Gasteiger partial charge on any atom is -0.389 e. The van der Waals surface area contributed by atoms with Crippen LogP contribution < -0.4 is 0 Å². The molecular weight excluding hydrogens is 434 g/mol. The zero-order valence-corrected chi connectivity index (χ0v) is 20.0. The Morgan fingerprint density at radius 1 is 1.21 bits per heavy atom. The van der Waals surface area contributed by atoms with E-state index in [1.165, 1.54) is 0 Å². The first-order valence-electron chi connectivity index (χ1n) is 9.63. The van der Waals surface area contributed by atoms with Gasteiger partial charge < -0.3 is 14.4 Å². The van der Waals surface area contributed by atoms with Crippen molar-refractivity contribution < 1.29 is 9.84 Å². The lowest BCUT2D eigenvalue weighted by Gasteiger charge is -2.18. The first-order valence-corrected chi connectivity index (χ1v) is 14.1. The van der Waals surface area contributed by atoms with Gasteiger partial charge in [-0.05, 0) is 38.1 Å². The summed E-state index contributed by atoms with van der Waals surface area (Å²) in [6.45, 7) is 12.5. The average molecular weight is 464 g/mol. The number of rotatable bonds is 8. The van der Waals surface area contributed by atoms with Gasteiger partial charge in [-0.15, -0.1) is 0 Å². The first-order chi connectivity index (χ1) is 13.0. The van der Waals surface area contributed by atoms with Gasteiger partial charge in [0.25, 0.3) is 0 Å². The summed E-state index contributed by atoms with van der Waals surface area (Å²) in [7, 11) is -1.08. The fourth-order valence-corrected chi connectivity index (χ4v) is 4.27. The van der Waals surface area contributed by atoms with E-state index in [-0.39, 0.29) is 0 Å². The predicted molar refractivity (Wildman–Crippen MR) is 121 cm³/mol. The van der Waals surface area contributed by atoms with Gasteiger partial charge in [0.05, 0.1) is 18.3 Å². The van der Waals surface area contributed by atoms with Crippen LogP contribution in [0.3, 0.4) is 0 Å². The molecule has 1 aromatic carbocycles. The van der Waals surface area contributed by atoms with Crippen LogP contribution in [0.25, 0.3) is 22.0 Å². The number of fused-ring (bicyclic) bond motifs is 1. The highest BCUT2D eigenvalue weighted by atomic mass is 79.9. The van der Waals surface area contributed by atoms with Crippen molar-refractivity contribution in [1.29, 1.82) is 0 Å². The third-order valence-electron chi connectivity index (χ3n) is 4.56. The van der Waals surface area contributed by atoms with Crippen molar-refractivity contribution >= 4 is 34.9 Å². The Morgan fingerprint density at radius 3 is 2.64 bits per heavy atom. The number of halogens is 1. The molecule has 152 valence electrons. The maximum atomic E-state index is 10.3. The number of aliphatic hydroxyl groups is 1. The van der Waals surface area contributed by atoms with Crippen molar-refractivity contribution in [3.05, 3.63) is 41.3 Å². The summed E-state index contributed by atoms with van der Waals surface area (Å²) in [5.74, 6) is 0. The van der Waals surface area contributed by atoms with Crippen molar-refractivity contribution in [2.45, 2.75) is 58.4 Å². The molecule has 2 aromatic heterocycles. The Bertz CT molecular complexity index is 951. The van der Waals surface area contributed by atoms with Gasteiger partial charge in [-0.2, -0.15) is 5.10 Å². The molecule has 7 heteroatoms. The summed E-state index contributed by atoms with van der Waals surface area (Å²) >= 11 is 3.58. The van der Waals surface area contributed by atoms with Crippen LogP contribution >= 0.6 is 15.9 Å². The van der Waals surface area contributed by atoms with E-state index < -0.39 is 13.7 Å². The monoisotopic (exact) mass is 463 g/mol. The number of ether oxygens (including phenoxy) is 1. The van der Waals surface area contributed by atoms with Crippen molar-refractivity contribution in [3.8, 4) is 11.1 Å². The minimum absolute atomic E-state index is 0.469. The van der Waals surface area contributed by atoms with Crippen LogP contribution in [0.2, 0.25) is 25.7 Å². The van der Waals surface area contributed by atoms with Crippen molar-refractivity contribution in [3.63, 3.8) is 0 Å². The molecule has 1 N–H and O–H groups in total. The predicted octanol–water partition coefficient (Wildman–Crippen LogP) is 5.35. The van der Waals surface area contributed by atoms with Crippen molar-refractivity contribution in [1.82, 2.24) is 14.3 Å². The highest BCUT2D eigenvalue weighted by molar-refractivity contribution is 9.10. The van der Waals surface area contributed by atoms with Crippen molar-refractivity contribution in [2.24, 2.45) is 0 Å². The molecule has 0 unspecified atom stereocenters. The molecule has 3 aromatic rings. The standard InChI is InChI=1S/C21H30BrN3O2Si/c1-21(2,26)14-24-13-19(18-10-17(22)6-7-20(18)24)16-11-23-25(12-16)15-27-8-9-28(3,4)5/h6-7,10-13,26H,8-9,14-15H2,1-5H3. The van der Waals surface area contributed by atoms with Crippen LogP contribution in [0.1, 0.15) is 13.8 Å². The Balaban J connectivity index is 1.83. The van der Waals surface area contributed by atoms with Crippen molar-refractivity contribution in [2.75, 3.05) is 6.61 Å². The molecular formula is C21H30BrN3O2Si. The number of hydrogen-bond donors (Lipinski definition) is 1. The second kappa shape index (κ2) is 8.14. The van der Waals surface area contributed by atoms with E-state index in [0.29, 0.717) is 13.3 Å². The van der Waals surface area contributed by atoms with Gasteiger partial charge in [-0.25, -0.2) is 4.68 Å². The summed E-state index contributed by atoms with van der Waals surface area (Å²) < 4.78 is 10.8. The van der Waals surface area contributed by atoms with Crippen LogP contribution in [0.5, 0.6) is 0 Å². The number of nitrogens with zero attached hydrogens (tertiary/aromatic N) is 3. The van der Waals surface area contributed by atoms with E-state index >= 15 is 0 Å². The maximum Gasteiger partial charge on any atom is 0.139 e. The molecule has 0 atom stereocenters. The third-order valence-corrected chi connectivity index (χ3v) is 6.76. The molecule has 0 radical (unpaired) electrons. The van der Waals surface area contributed by atoms with Crippen LogP contribution in [-0.4, -0.2) is 39.7 Å². The van der Waals surface area contributed by atoms with E-state index in [9.17, 15) is 5.11 Å². The van der Waals surface area contributed by atoms with Crippen LogP contribution in [0, 0.1) is 0 Å². The van der Waals surface area contributed by atoms with E-state index in [0.717, 1.165) is 39.2 Å². The zero-order chi connectivity index (χ0) is 20.5. The molecule has 2 heterocycles. The van der Waals surface area contributed by atoms with Gasteiger partial charge in [-0.1, -0.05) is 35.6 Å². The Morgan fingerprint density at radius 2 is 1.96 bits per heavy atom. The van der Waals surface area contributed by atoms with Gasteiger partial charge in [0.15, 0.2) is 0 Å². The van der Waals surface area contributed by atoms with Gasteiger partial charge in [0.2, 0.25) is 0 Å². The quantitative estimate of drug-likeness (QED) is 0.361. The molecule has 5 nitrogen and oxygen atoms in total. The summed E-state index contributed by atoms with van der Waals surface area (Å²) in [6.07, 6.45) is 6.01. The third kappa shape index (κ3) is 5.56. The molecule has 0 aliphatic carbocycles. The molecule has 0 bridgehead atoms. The van der Waals surface area contributed by atoms with Gasteiger partial charge >= 0.3 is 0 Å². The van der Waals surface area contributed by atoms with Gasteiger partial charge in [0.1, 0.15) is 6.73 Å². The average Bonchev–Trinajstić information content (AvgIpc) is 3.14. The SMILES string of the molecule is CC(C)(O)Cn1cc(-c2cnn(COCC[Si](C)(C)C)c2)c2cc(Br)ccc21. The molecule has 0 saturated carbocycles. The van der Waals surface area contributed by atoms with Crippen LogP contribution in [0.15, 0.2) is 41.3 Å². The Labute approximate surface area is 176 Å². The van der Waals surface area contributed by atoms with Gasteiger partial charge in [-0.3, -0.25) is 0 Å². The Hall–Kier alpha value is -1.41. The summed E-state index contributed by atoms with van der Waals surface area (Å²) in [4.78, 5) is 0. The fraction of sp³-hybridized carbons (Fsp3) is 0.476. The largest absolute Gasteiger partial charge is 0.389 e. The second-order valence-electron chi connectivity index (χ2n) is 9.26. The van der Waals surface area contributed by atoms with E-state index in [2.05, 4.69) is 63.6 Å². The van der Waals surface area contributed by atoms with E-state index in [1.54, 1.807) is 0 Å². The maximum absolute atomic E-state index is 10.3. The minimum atomic E-state index is -1.08. The van der Waals surface area contributed by atoms with Crippen LogP contribution in [0.4, 0.5) is 0 Å². The van der Waals surface area contributed by atoms with Gasteiger partial charge in [0, 0.05) is 53.6 Å². The lowest BCUT2D eigenvalue weighted by Crippen LogP contribution is -2.25. The highest BCUT2D eigenvalue weighted by Crippen LogP contribution is 2.33. The molecule has 28 heavy (non-hydrogen) atoms. The summed E-state index contributed by atoms with van der Waals surface area (Å²) in [5.41, 5.74) is 2.46. The zero-order valence-electron chi connectivity index (χ0n) is 17.4. The molecule has 0 aliphatic heterocycles. The first kappa shape index (κ1) is 21.3. The topological polar surface area (TPSA) is 52.2 Å². The summed E-state index contributed by atoms with van der Waals surface area (Å²) in [5, 5.41) is 15.9. The molecule has 0 aliphatic rings. The molecule has 0 amide bonds. The molecule has 0 spiro atoms. The highest BCUT2D eigenvalue weighted by Gasteiger charge is 2.18. The van der Waals surface area contributed by atoms with Crippen LogP contribution in [-0.2, 0) is 18.0 Å². The summed E-state index contributed by atoms with van der Waals surface area (Å²) in [6, 6.07) is 7.38. The lowest BCUT2D eigenvalue weighted by atomic mass is 10.1. The normalized spacial score (nSPS) is 12.8. The van der Waals surface area contributed by atoms with E-state index in [4.69, 9.17) is 4.74 Å². The number of benzene rings is 1. The Kier molecular flexibility index (Phi) is 6.19. The number of aromatic nitrogens is 3. The fourth-order valence-electron chi connectivity index (χ4n) is 3.16.